The van der Waals surface area contributed by atoms with Gasteiger partial charge in [0.2, 0.25) is 0 Å². The number of imide groups is 1. The Kier molecular flexibility index (Phi) is 2.63. The quantitative estimate of drug-likeness (QED) is 0.740. The molecule has 82 valence electrons. The molecule has 1 aromatic rings. The minimum Gasteiger partial charge on any atom is -0.269 e. The number of carbonyl (C=O) groups excluding carboxylic acids is 2. The standard InChI is InChI=1S/C11H9BrN2O2/c1-6-7(2)11(16)14(10(6)15)9-3-4-13-5-8(9)12/h3-5H,1-2H3. The van der Waals surface area contributed by atoms with Crippen LogP contribution in [0.25, 0.3) is 0 Å². The van der Waals surface area contributed by atoms with Crippen molar-refractivity contribution < 1.29 is 9.59 Å². The van der Waals surface area contributed by atoms with Crippen LogP contribution in [0.1, 0.15) is 13.8 Å². The van der Waals surface area contributed by atoms with Gasteiger partial charge >= 0.3 is 0 Å². The summed E-state index contributed by atoms with van der Waals surface area (Å²) >= 11 is 3.27. The van der Waals surface area contributed by atoms with E-state index in [0.29, 0.717) is 21.3 Å². The Morgan fingerprint density at radius 1 is 1.19 bits per heavy atom. The van der Waals surface area contributed by atoms with Gasteiger partial charge in [-0.05, 0) is 35.8 Å². The molecule has 0 N–H and O–H groups in total. The number of halogens is 1. The Hall–Kier alpha value is -1.49. The first-order valence-electron chi connectivity index (χ1n) is 4.70. The van der Waals surface area contributed by atoms with Gasteiger partial charge in [0.15, 0.2) is 0 Å². The smallest absolute Gasteiger partial charge is 0.261 e. The number of hydrogen-bond acceptors (Lipinski definition) is 3. The second kappa shape index (κ2) is 3.83. The predicted octanol–water partition coefficient (Wildman–Crippen LogP) is 2.05. The first kappa shape index (κ1) is 11.0. The lowest BCUT2D eigenvalue weighted by molar-refractivity contribution is -0.120. The van der Waals surface area contributed by atoms with Gasteiger partial charge in [-0.15, -0.1) is 0 Å². The van der Waals surface area contributed by atoms with Gasteiger partial charge in [-0.2, -0.15) is 0 Å². The summed E-state index contributed by atoms with van der Waals surface area (Å²) in [6, 6.07) is 1.63. The average molecular weight is 281 g/mol. The fourth-order valence-corrected chi connectivity index (χ4v) is 1.94. The van der Waals surface area contributed by atoms with Crippen LogP contribution in [0.3, 0.4) is 0 Å². The summed E-state index contributed by atoms with van der Waals surface area (Å²) < 4.78 is 0.624. The van der Waals surface area contributed by atoms with Gasteiger partial charge in [0.1, 0.15) is 0 Å². The Labute approximate surface area is 101 Å². The van der Waals surface area contributed by atoms with Crippen LogP contribution in [-0.2, 0) is 9.59 Å². The van der Waals surface area contributed by atoms with Crippen LogP contribution >= 0.6 is 15.9 Å². The van der Waals surface area contributed by atoms with E-state index in [-0.39, 0.29) is 11.8 Å². The van der Waals surface area contributed by atoms with Crippen LogP contribution in [0.15, 0.2) is 34.1 Å². The Bertz CT molecular complexity index is 498. The molecular formula is C11H9BrN2O2. The van der Waals surface area contributed by atoms with Crippen LogP contribution in [-0.4, -0.2) is 16.8 Å². The molecule has 0 saturated carbocycles. The van der Waals surface area contributed by atoms with Crippen molar-refractivity contribution in [3.8, 4) is 0 Å². The summed E-state index contributed by atoms with van der Waals surface area (Å²) in [4.78, 5) is 28.8. The number of nitrogens with zero attached hydrogens (tertiary/aromatic N) is 2. The third-order valence-corrected chi connectivity index (χ3v) is 3.21. The average Bonchev–Trinajstić information content (AvgIpc) is 2.45. The lowest BCUT2D eigenvalue weighted by atomic mass is 10.2. The molecule has 0 bridgehead atoms. The summed E-state index contributed by atoms with van der Waals surface area (Å²) in [5, 5.41) is 0. The Morgan fingerprint density at radius 2 is 1.75 bits per heavy atom. The number of hydrogen-bond donors (Lipinski definition) is 0. The third-order valence-electron chi connectivity index (χ3n) is 2.60. The number of aromatic nitrogens is 1. The maximum Gasteiger partial charge on any atom is 0.261 e. The van der Waals surface area contributed by atoms with Gasteiger partial charge in [0.25, 0.3) is 11.8 Å². The van der Waals surface area contributed by atoms with Crippen molar-refractivity contribution in [2.45, 2.75) is 13.8 Å². The van der Waals surface area contributed by atoms with Crippen molar-refractivity contribution in [1.29, 1.82) is 0 Å². The second-order valence-electron chi connectivity index (χ2n) is 3.52. The highest BCUT2D eigenvalue weighted by Gasteiger charge is 2.35. The molecule has 5 heteroatoms. The van der Waals surface area contributed by atoms with Crippen molar-refractivity contribution >= 4 is 33.4 Å². The number of carbonyl (C=O) groups is 2. The van der Waals surface area contributed by atoms with E-state index in [9.17, 15) is 9.59 Å². The van der Waals surface area contributed by atoms with E-state index in [1.807, 2.05) is 0 Å². The van der Waals surface area contributed by atoms with Crippen LogP contribution in [0.5, 0.6) is 0 Å². The van der Waals surface area contributed by atoms with Crippen molar-refractivity contribution in [3.05, 3.63) is 34.1 Å². The van der Waals surface area contributed by atoms with Crippen LogP contribution in [0.4, 0.5) is 5.69 Å². The van der Waals surface area contributed by atoms with Crippen LogP contribution < -0.4 is 4.90 Å². The predicted molar refractivity (Wildman–Crippen MR) is 62.8 cm³/mol. The normalized spacial score (nSPS) is 16.3. The second-order valence-corrected chi connectivity index (χ2v) is 4.38. The highest BCUT2D eigenvalue weighted by Crippen LogP contribution is 2.31. The van der Waals surface area contributed by atoms with Gasteiger partial charge in [-0.1, -0.05) is 0 Å². The van der Waals surface area contributed by atoms with E-state index in [0.717, 1.165) is 4.90 Å². The van der Waals surface area contributed by atoms with Crippen molar-refractivity contribution in [2.75, 3.05) is 4.90 Å². The van der Waals surface area contributed by atoms with Crippen LogP contribution in [0.2, 0.25) is 0 Å². The molecule has 2 amide bonds. The number of amides is 2. The minimum absolute atomic E-state index is 0.269. The van der Waals surface area contributed by atoms with E-state index in [4.69, 9.17) is 0 Å². The molecule has 2 heterocycles. The SMILES string of the molecule is CC1=C(C)C(=O)N(c2ccncc2Br)C1=O. The highest BCUT2D eigenvalue weighted by molar-refractivity contribution is 9.10. The molecule has 1 aliphatic heterocycles. The first-order chi connectivity index (χ1) is 7.54. The van der Waals surface area contributed by atoms with Crippen molar-refractivity contribution in [2.24, 2.45) is 0 Å². The maximum absolute atomic E-state index is 11.9. The van der Waals surface area contributed by atoms with E-state index < -0.39 is 0 Å². The molecule has 0 aromatic carbocycles. The number of rotatable bonds is 1. The maximum atomic E-state index is 11.9. The van der Waals surface area contributed by atoms with Gasteiger partial charge in [0.05, 0.1) is 10.2 Å². The van der Waals surface area contributed by atoms with Crippen molar-refractivity contribution in [1.82, 2.24) is 4.98 Å². The molecule has 0 fully saturated rings. The van der Waals surface area contributed by atoms with Gasteiger partial charge in [0, 0.05) is 23.5 Å². The minimum atomic E-state index is -0.269. The monoisotopic (exact) mass is 280 g/mol. The molecule has 0 atom stereocenters. The summed E-state index contributed by atoms with van der Waals surface area (Å²) in [6.45, 7) is 3.31. The lowest BCUT2D eigenvalue weighted by Gasteiger charge is -2.15. The molecule has 0 radical (unpaired) electrons. The molecule has 0 saturated heterocycles. The van der Waals surface area contributed by atoms with E-state index >= 15 is 0 Å². The largest absolute Gasteiger partial charge is 0.269 e. The third kappa shape index (κ3) is 1.48. The van der Waals surface area contributed by atoms with E-state index in [2.05, 4.69) is 20.9 Å². The van der Waals surface area contributed by atoms with E-state index in [1.54, 1.807) is 32.3 Å². The van der Waals surface area contributed by atoms with Crippen molar-refractivity contribution in [3.63, 3.8) is 0 Å². The molecule has 0 aliphatic carbocycles. The van der Waals surface area contributed by atoms with Gasteiger partial charge in [-0.3, -0.25) is 14.6 Å². The van der Waals surface area contributed by atoms with E-state index in [1.165, 1.54) is 0 Å². The van der Waals surface area contributed by atoms with Gasteiger partial charge < -0.3 is 0 Å². The molecule has 0 unspecified atom stereocenters. The fraction of sp³-hybridized carbons (Fsp3) is 0.182. The fourth-order valence-electron chi connectivity index (χ4n) is 1.52. The molecule has 0 spiro atoms. The lowest BCUT2D eigenvalue weighted by Crippen LogP contribution is -2.31. The molecule has 1 aromatic heterocycles. The summed E-state index contributed by atoms with van der Waals surface area (Å²) in [5.41, 5.74) is 1.52. The number of anilines is 1. The zero-order valence-corrected chi connectivity index (χ0v) is 10.4. The first-order valence-corrected chi connectivity index (χ1v) is 5.49. The summed E-state index contributed by atoms with van der Waals surface area (Å²) in [5.74, 6) is -0.538. The Morgan fingerprint density at radius 3 is 2.25 bits per heavy atom. The molecule has 1 aliphatic rings. The summed E-state index contributed by atoms with van der Waals surface area (Å²) in [7, 11) is 0. The van der Waals surface area contributed by atoms with Gasteiger partial charge in [-0.25, -0.2) is 4.90 Å². The Balaban J connectivity index is 2.51. The zero-order valence-electron chi connectivity index (χ0n) is 8.82. The topological polar surface area (TPSA) is 50.3 Å². The molecule has 4 nitrogen and oxygen atoms in total. The molecular weight excluding hydrogens is 272 g/mol. The molecule has 16 heavy (non-hydrogen) atoms. The summed E-state index contributed by atoms with van der Waals surface area (Å²) in [6.07, 6.45) is 3.10. The van der Waals surface area contributed by atoms with Crippen LogP contribution in [0, 0.1) is 0 Å². The zero-order chi connectivity index (χ0) is 11.9. The highest BCUT2D eigenvalue weighted by atomic mass is 79.9. The number of pyridine rings is 1. The molecule has 2 rings (SSSR count).